The molecule has 3 rings (SSSR count). The van der Waals surface area contributed by atoms with Gasteiger partial charge in [0.05, 0.1) is 11.4 Å². The summed E-state index contributed by atoms with van der Waals surface area (Å²) in [7, 11) is 0. The zero-order valence-electron chi connectivity index (χ0n) is 13.2. The van der Waals surface area contributed by atoms with Gasteiger partial charge in [-0.25, -0.2) is 4.39 Å². The number of ketones is 1. The van der Waals surface area contributed by atoms with Gasteiger partial charge in [0.25, 0.3) is 0 Å². The Kier molecular flexibility index (Phi) is 5.80. The molecule has 0 bridgehead atoms. The van der Waals surface area contributed by atoms with Crippen molar-refractivity contribution in [2.45, 2.75) is 35.5 Å². The second-order valence-electron chi connectivity index (χ2n) is 5.52. The molecule has 0 aliphatic carbocycles. The van der Waals surface area contributed by atoms with Crippen LogP contribution in [0.2, 0.25) is 0 Å². The molecule has 8 heteroatoms. The number of rotatable bonds is 7. The summed E-state index contributed by atoms with van der Waals surface area (Å²) in [5.74, 6) is -0.401. The van der Waals surface area contributed by atoms with Crippen LogP contribution in [0.25, 0.3) is 0 Å². The molecule has 0 amide bonds. The number of hydrogen-bond acceptors (Lipinski definition) is 7. The van der Waals surface area contributed by atoms with Crippen LogP contribution in [-0.4, -0.2) is 40.5 Å². The summed E-state index contributed by atoms with van der Waals surface area (Å²) in [5.41, 5.74) is 0.498. The highest BCUT2D eigenvalue weighted by Crippen LogP contribution is 2.30. The van der Waals surface area contributed by atoms with Gasteiger partial charge < -0.3 is 10.1 Å². The largest absolute Gasteiger partial charge is 0.376 e. The van der Waals surface area contributed by atoms with E-state index in [-0.39, 0.29) is 23.0 Å². The first-order valence-electron chi connectivity index (χ1n) is 7.77. The maximum absolute atomic E-state index is 12.9. The Morgan fingerprint density at radius 1 is 1.46 bits per heavy atom. The number of carbonyl (C=O) groups excluding carboxylic acids is 1. The Bertz CT molecular complexity index is 687. The van der Waals surface area contributed by atoms with E-state index in [1.54, 1.807) is 0 Å². The van der Waals surface area contributed by atoms with Gasteiger partial charge in [0, 0.05) is 18.7 Å². The van der Waals surface area contributed by atoms with Crippen LogP contribution in [0.3, 0.4) is 0 Å². The number of anilines is 1. The van der Waals surface area contributed by atoms with Crippen LogP contribution in [0.1, 0.15) is 30.1 Å². The van der Waals surface area contributed by atoms with Crippen molar-refractivity contribution >= 4 is 34.0 Å². The van der Waals surface area contributed by atoms with Crippen molar-refractivity contribution in [3.8, 4) is 0 Å². The predicted molar refractivity (Wildman–Crippen MR) is 93.4 cm³/mol. The maximum atomic E-state index is 12.9. The summed E-state index contributed by atoms with van der Waals surface area (Å²) in [5, 5.41) is 11.8. The smallest absolute Gasteiger partial charge is 0.206 e. The standard InChI is InChI=1S/C16H18FN3O2S2/c1-10(14(21)11-4-6-12(17)7-5-11)23-16-20-19-15(24-16)18-9-13-3-2-8-22-13/h4-7,10,13H,2-3,8-9H2,1H3,(H,18,19). The topological polar surface area (TPSA) is 64.1 Å². The fourth-order valence-corrected chi connectivity index (χ4v) is 4.37. The molecule has 1 aliphatic heterocycles. The number of aromatic nitrogens is 2. The molecular formula is C16H18FN3O2S2. The fourth-order valence-electron chi connectivity index (χ4n) is 2.39. The van der Waals surface area contributed by atoms with E-state index >= 15 is 0 Å². The van der Waals surface area contributed by atoms with Gasteiger partial charge in [0.1, 0.15) is 5.82 Å². The average Bonchev–Trinajstić information content (AvgIpc) is 3.24. The Hall–Kier alpha value is -1.51. The van der Waals surface area contributed by atoms with Crippen LogP contribution < -0.4 is 5.32 Å². The van der Waals surface area contributed by atoms with Crippen LogP contribution >= 0.6 is 23.1 Å². The lowest BCUT2D eigenvalue weighted by molar-refractivity contribution is 0.0994. The number of nitrogens with one attached hydrogen (secondary N) is 1. The molecular weight excluding hydrogens is 349 g/mol. The molecule has 1 aromatic heterocycles. The number of hydrogen-bond donors (Lipinski definition) is 1. The first-order chi connectivity index (χ1) is 11.6. The van der Waals surface area contributed by atoms with E-state index in [1.807, 2.05) is 6.92 Å². The number of nitrogens with zero attached hydrogens (tertiary/aromatic N) is 2. The van der Waals surface area contributed by atoms with E-state index in [0.717, 1.165) is 35.5 Å². The monoisotopic (exact) mass is 367 g/mol. The van der Waals surface area contributed by atoms with Gasteiger partial charge in [-0.3, -0.25) is 4.79 Å². The predicted octanol–water partition coefficient (Wildman–Crippen LogP) is 3.63. The van der Waals surface area contributed by atoms with Crippen LogP contribution in [0, 0.1) is 5.82 Å². The van der Waals surface area contributed by atoms with Crippen molar-refractivity contribution < 1.29 is 13.9 Å². The molecule has 0 spiro atoms. The van der Waals surface area contributed by atoms with Gasteiger partial charge in [0.15, 0.2) is 10.1 Å². The zero-order valence-corrected chi connectivity index (χ0v) is 14.8. The second-order valence-corrected chi connectivity index (χ2v) is 8.09. The van der Waals surface area contributed by atoms with E-state index < -0.39 is 0 Å². The lowest BCUT2D eigenvalue weighted by atomic mass is 10.1. The Morgan fingerprint density at radius 2 is 2.25 bits per heavy atom. The summed E-state index contributed by atoms with van der Waals surface area (Å²) in [6.45, 7) is 3.37. The van der Waals surface area contributed by atoms with Gasteiger partial charge in [-0.2, -0.15) is 0 Å². The van der Waals surface area contributed by atoms with Crippen LogP contribution in [0.5, 0.6) is 0 Å². The van der Waals surface area contributed by atoms with Crippen molar-refractivity contribution in [2.24, 2.45) is 0 Å². The van der Waals surface area contributed by atoms with Gasteiger partial charge in [0.2, 0.25) is 5.13 Å². The molecule has 1 N–H and O–H groups in total. The van der Waals surface area contributed by atoms with Crippen molar-refractivity contribution in [1.82, 2.24) is 10.2 Å². The van der Waals surface area contributed by atoms with Crippen molar-refractivity contribution in [3.63, 3.8) is 0 Å². The van der Waals surface area contributed by atoms with Gasteiger partial charge in [-0.05, 0) is 44.0 Å². The van der Waals surface area contributed by atoms with Crippen LogP contribution in [-0.2, 0) is 4.74 Å². The van der Waals surface area contributed by atoms with Crippen molar-refractivity contribution in [1.29, 1.82) is 0 Å². The number of ether oxygens (including phenoxy) is 1. The summed E-state index contributed by atoms with van der Waals surface area (Å²) >= 11 is 2.78. The second kappa shape index (κ2) is 8.04. The molecule has 0 saturated carbocycles. The SMILES string of the molecule is CC(Sc1nnc(NCC2CCCO2)s1)C(=O)c1ccc(F)cc1. The maximum Gasteiger partial charge on any atom is 0.206 e. The van der Waals surface area contributed by atoms with Crippen LogP contribution in [0.4, 0.5) is 9.52 Å². The van der Waals surface area contributed by atoms with Crippen molar-refractivity contribution in [2.75, 3.05) is 18.5 Å². The van der Waals surface area contributed by atoms with Gasteiger partial charge in [-0.15, -0.1) is 10.2 Å². The summed E-state index contributed by atoms with van der Waals surface area (Å²) in [6, 6.07) is 5.60. The lowest BCUT2D eigenvalue weighted by Gasteiger charge is -2.09. The molecule has 5 nitrogen and oxygen atoms in total. The van der Waals surface area contributed by atoms with Crippen molar-refractivity contribution in [3.05, 3.63) is 35.6 Å². The van der Waals surface area contributed by atoms with E-state index in [2.05, 4.69) is 15.5 Å². The molecule has 2 aromatic rings. The third-order valence-electron chi connectivity index (χ3n) is 3.69. The van der Waals surface area contributed by atoms with E-state index in [4.69, 9.17) is 4.74 Å². The third-order valence-corrected chi connectivity index (χ3v) is 5.75. The number of halogens is 1. The normalized spacial score (nSPS) is 18.5. The molecule has 128 valence electrons. The minimum atomic E-state index is -0.349. The Morgan fingerprint density at radius 3 is 2.96 bits per heavy atom. The summed E-state index contributed by atoms with van der Waals surface area (Å²) in [4.78, 5) is 12.3. The first kappa shape index (κ1) is 17.3. The van der Waals surface area contributed by atoms with E-state index in [0.29, 0.717) is 5.56 Å². The highest BCUT2D eigenvalue weighted by Gasteiger charge is 2.20. The quantitative estimate of drug-likeness (QED) is 0.595. The number of thioether (sulfide) groups is 1. The fraction of sp³-hybridized carbons (Fsp3) is 0.438. The molecule has 24 heavy (non-hydrogen) atoms. The number of carbonyl (C=O) groups is 1. The molecule has 2 unspecified atom stereocenters. The zero-order chi connectivity index (χ0) is 16.9. The Labute approximate surface area is 148 Å². The lowest BCUT2D eigenvalue weighted by Crippen LogP contribution is -2.18. The Balaban J connectivity index is 1.53. The van der Waals surface area contributed by atoms with Gasteiger partial charge >= 0.3 is 0 Å². The van der Waals surface area contributed by atoms with Crippen LogP contribution in [0.15, 0.2) is 28.6 Å². The average molecular weight is 367 g/mol. The number of Topliss-reactive ketones (excluding diaryl/α,β-unsaturated/α-hetero) is 1. The summed E-state index contributed by atoms with van der Waals surface area (Å²) < 4.78 is 19.2. The molecule has 1 aliphatic rings. The molecule has 2 atom stereocenters. The number of benzene rings is 1. The first-order valence-corrected chi connectivity index (χ1v) is 9.47. The summed E-state index contributed by atoms with van der Waals surface area (Å²) in [6.07, 6.45) is 2.41. The molecule has 1 aromatic carbocycles. The minimum Gasteiger partial charge on any atom is -0.376 e. The highest BCUT2D eigenvalue weighted by molar-refractivity contribution is 8.02. The van der Waals surface area contributed by atoms with E-state index in [9.17, 15) is 9.18 Å². The van der Waals surface area contributed by atoms with Gasteiger partial charge in [-0.1, -0.05) is 23.1 Å². The molecule has 1 fully saturated rings. The molecule has 1 saturated heterocycles. The highest BCUT2D eigenvalue weighted by atomic mass is 32.2. The molecule has 0 radical (unpaired) electrons. The minimum absolute atomic E-state index is 0.0518. The third kappa shape index (κ3) is 4.52. The molecule has 2 heterocycles. The van der Waals surface area contributed by atoms with E-state index in [1.165, 1.54) is 47.4 Å².